The van der Waals surface area contributed by atoms with Crippen LogP contribution in [0.4, 0.5) is 13.2 Å². The highest BCUT2D eigenvalue weighted by molar-refractivity contribution is 5.80. The van der Waals surface area contributed by atoms with Crippen molar-refractivity contribution in [2.24, 2.45) is 23.7 Å². The van der Waals surface area contributed by atoms with Gasteiger partial charge in [0.1, 0.15) is 0 Å². The summed E-state index contributed by atoms with van der Waals surface area (Å²) in [4.78, 5) is 19.8. The Balaban J connectivity index is 1.37. The molecular weight excluding hydrogens is 461 g/mol. The maximum Gasteiger partial charge on any atom is 0.417 e. The van der Waals surface area contributed by atoms with Crippen molar-refractivity contribution in [3.8, 4) is 0 Å². The molecule has 6 nitrogen and oxygen atoms in total. The van der Waals surface area contributed by atoms with Crippen LogP contribution in [0.15, 0.2) is 12.3 Å². The number of fused-ring (bicyclic) bond motifs is 2. The van der Waals surface area contributed by atoms with Gasteiger partial charge in [0.15, 0.2) is 0 Å². The van der Waals surface area contributed by atoms with Crippen molar-refractivity contribution in [2.45, 2.75) is 76.5 Å². The fraction of sp³-hybridized carbons (Fsp3) is 0.769. The van der Waals surface area contributed by atoms with Crippen LogP contribution >= 0.6 is 0 Å². The summed E-state index contributed by atoms with van der Waals surface area (Å²) < 4.78 is 57.4. The number of nitrogens with zero attached hydrogens (tertiary/aromatic N) is 2. The van der Waals surface area contributed by atoms with Gasteiger partial charge in [-0.1, -0.05) is 0 Å². The first-order valence-electron chi connectivity index (χ1n) is 12.7. The number of aromatic nitrogens is 1. The van der Waals surface area contributed by atoms with Gasteiger partial charge in [-0.3, -0.25) is 9.78 Å². The van der Waals surface area contributed by atoms with E-state index < -0.39 is 11.7 Å². The molecule has 1 aromatic heterocycles. The van der Waals surface area contributed by atoms with Crippen LogP contribution in [0.2, 0.25) is 0 Å². The van der Waals surface area contributed by atoms with Crippen molar-refractivity contribution in [1.29, 1.82) is 0 Å². The third-order valence-corrected chi connectivity index (χ3v) is 8.49. The predicted molar refractivity (Wildman–Crippen MR) is 121 cm³/mol. The number of methoxy groups -OCH3 is 1. The number of pyridine rings is 1. The largest absolute Gasteiger partial charge is 0.417 e. The molecule has 3 aliphatic heterocycles. The van der Waals surface area contributed by atoms with Crippen LogP contribution in [-0.2, 0) is 38.1 Å². The molecule has 35 heavy (non-hydrogen) atoms. The summed E-state index contributed by atoms with van der Waals surface area (Å²) in [6.45, 7) is 6.07. The zero-order valence-corrected chi connectivity index (χ0v) is 20.6. The summed E-state index contributed by atoms with van der Waals surface area (Å²) in [7, 11) is 1.71. The van der Waals surface area contributed by atoms with Crippen LogP contribution < -0.4 is 0 Å². The van der Waals surface area contributed by atoms with Crippen molar-refractivity contribution in [2.75, 3.05) is 26.9 Å². The van der Waals surface area contributed by atoms with Gasteiger partial charge in [0.25, 0.3) is 0 Å². The molecule has 0 radical (unpaired) electrons. The summed E-state index contributed by atoms with van der Waals surface area (Å²) in [5, 5.41) is 0. The van der Waals surface area contributed by atoms with Crippen LogP contribution in [0, 0.1) is 23.7 Å². The lowest BCUT2D eigenvalue weighted by molar-refractivity contribution is -0.140. The Labute approximate surface area is 204 Å². The van der Waals surface area contributed by atoms with Gasteiger partial charge in [0.2, 0.25) is 5.91 Å². The lowest BCUT2D eigenvalue weighted by Crippen LogP contribution is -2.44. The number of amides is 1. The molecule has 4 aliphatic rings. The Kier molecular flexibility index (Phi) is 6.64. The highest BCUT2D eigenvalue weighted by Crippen LogP contribution is 2.53. The molecule has 0 N–H and O–H groups in total. The Hall–Kier alpha value is -1.71. The van der Waals surface area contributed by atoms with Gasteiger partial charge in [-0.2, -0.15) is 13.2 Å². The van der Waals surface area contributed by atoms with E-state index in [9.17, 15) is 18.0 Å². The average molecular weight is 497 g/mol. The van der Waals surface area contributed by atoms with E-state index >= 15 is 0 Å². The monoisotopic (exact) mass is 496 g/mol. The van der Waals surface area contributed by atoms with E-state index in [4.69, 9.17) is 14.2 Å². The van der Waals surface area contributed by atoms with E-state index in [1.165, 1.54) is 0 Å². The van der Waals surface area contributed by atoms with Crippen molar-refractivity contribution in [3.63, 3.8) is 0 Å². The van der Waals surface area contributed by atoms with E-state index in [0.717, 1.165) is 37.9 Å². The van der Waals surface area contributed by atoms with E-state index in [2.05, 4.69) is 18.8 Å². The Morgan fingerprint density at radius 2 is 2.11 bits per heavy atom. The lowest BCUT2D eigenvalue weighted by Gasteiger charge is -2.37. The first-order valence-corrected chi connectivity index (χ1v) is 12.7. The SMILES string of the molecule is COC1COCCC1C[C@@H]1C[C@H]2OC(C)(C)C[C@H]2[C@@H]1C(=O)N1CCc2ncc(C(F)(F)F)cc2C1. The summed E-state index contributed by atoms with van der Waals surface area (Å²) in [6, 6.07) is 1.16. The van der Waals surface area contributed by atoms with Crippen LogP contribution in [-0.4, -0.2) is 60.5 Å². The molecule has 2 unspecified atom stereocenters. The highest BCUT2D eigenvalue weighted by atomic mass is 19.4. The molecule has 0 bridgehead atoms. The molecule has 1 aromatic rings. The minimum atomic E-state index is -4.45. The molecule has 6 atom stereocenters. The molecule has 3 fully saturated rings. The van der Waals surface area contributed by atoms with Gasteiger partial charge < -0.3 is 19.1 Å². The zero-order valence-electron chi connectivity index (χ0n) is 20.6. The number of halogens is 3. The van der Waals surface area contributed by atoms with E-state index in [0.29, 0.717) is 43.4 Å². The van der Waals surface area contributed by atoms with E-state index in [1.807, 2.05) is 0 Å². The topological polar surface area (TPSA) is 60.9 Å². The summed E-state index contributed by atoms with van der Waals surface area (Å²) in [6.07, 6.45) is 0.404. The number of ether oxygens (including phenoxy) is 3. The average Bonchev–Trinajstić information content (AvgIpc) is 3.28. The molecule has 0 spiro atoms. The van der Waals surface area contributed by atoms with Crippen LogP contribution in [0.25, 0.3) is 0 Å². The quantitative estimate of drug-likeness (QED) is 0.624. The van der Waals surface area contributed by atoms with Crippen LogP contribution in [0.5, 0.6) is 0 Å². The van der Waals surface area contributed by atoms with Crippen LogP contribution in [0.1, 0.15) is 56.4 Å². The second kappa shape index (κ2) is 9.30. The van der Waals surface area contributed by atoms with E-state index in [1.54, 1.807) is 12.0 Å². The first kappa shape index (κ1) is 25.0. The first-order chi connectivity index (χ1) is 16.6. The number of hydrogen-bond donors (Lipinski definition) is 0. The van der Waals surface area contributed by atoms with E-state index in [-0.39, 0.29) is 48.0 Å². The van der Waals surface area contributed by atoms with Crippen molar-refractivity contribution < 1.29 is 32.2 Å². The maximum atomic E-state index is 14.0. The van der Waals surface area contributed by atoms with Crippen molar-refractivity contribution >= 4 is 5.91 Å². The number of rotatable bonds is 4. The summed E-state index contributed by atoms with van der Waals surface area (Å²) in [5.74, 6) is 0.469. The normalized spacial score (nSPS) is 34.5. The fourth-order valence-corrected chi connectivity index (χ4v) is 6.90. The van der Waals surface area contributed by atoms with Gasteiger partial charge in [0.05, 0.1) is 30.0 Å². The molecule has 5 rings (SSSR count). The number of alkyl halides is 3. The number of hydrogen-bond acceptors (Lipinski definition) is 5. The number of carbonyl (C=O) groups is 1. The second-order valence-electron chi connectivity index (χ2n) is 11.3. The van der Waals surface area contributed by atoms with Crippen molar-refractivity contribution in [1.82, 2.24) is 9.88 Å². The molecule has 1 saturated carbocycles. The summed E-state index contributed by atoms with van der Waals surface area (Å²) in [5.41, 5.74) is 0.114. The van der Waals surface area contributed by atoms with Crippen LogP contribution in [0.3, 0.4) is 0 Å². The van der Waals surface area contributed by atoms with Crippen molar-refractivity contribution in [3.05, 3.63) is 29.1 Å². The Morgan fingerprint density at radius 3 is 2.86 bits per heavy atom. The predicted octanol–water partition coefficient (Wildman–Crippen LogP) is 4.25. The number of carbonyl (C=O) groups excluding carboxylic acids is 1. The van der Waals surface area contributed by atoms with Gasteiger partial charge in [-0.05, 0) is 68.9 Å². The molecule has 1 amide bonds. The summed E-state index contributed by atoms with van der Waals surface area (Å²) >= 11 is 0. The van der Waals surface area contributed by atoms with Gasteiger partial charge >= 0.3 is 6.18 Å². The standard InChI is InChI=1S/C26H35F3N2O4/c1-25(2)11-19-21(35-25)10-16(8-15-5-7-34-14-22(15)33-3)23(19)24(32)31-6-4-20-17(13-31)9-18(12-30-20)26(27,28)29/h9,12,15-16,19,21-23H,4-8,10-11,13-14H2,1-3H3/t15?,16-,19-,21-,22?,23-/m1/s1. The van der Waals surface area contributed by atoms with Gasteiger partial charge in [-0.15, -0.1) is 0 Å². The minimum Gasteiger partial charge on any atom is -0.379 e. The molecule has 2 saturated heterocycles. The molecule has 9 heteroatoms. The lowest BCUT2D eigenvalue weighted by atomic mass is 9.77. The third kappa shape index (κ3) is 4.96. The minimum absolute atomic E-state index is 0.0195. The highest BCUT2D eigenvalue weighted by Gasteiger charge is 2.55. The second-order valence-corrected chi connectivity index (χ2v) is 11.3. The Morgan fingerprint density at radius 1 is 1.31 bits per heavy atom. The Bertz CT molecular complexity index is 953. The maximum absolute atomic E-state index is 14.0. The smallest absolute Gasteiger partial charge is 0.379 e. The zero-order chi connectivity index (χ0) is 25.0. The molecule has 0 aromatic carbocycles. The van der Waals surface area contributed by atoms with Gasteiger partial charge in [0, 0.05) is 51.0 Å². The fourth-order valence-electron chi connectivity index (χ4n) is 6.90. The molecule has 1 aliphatic carbocycles. The molecule has 4 heterocycles. The molecular formula is C26H35F3N2O4. The molecule has 194 valence electrons. The van der Waals surface area contributed by atoms with Gasteiger partial charge in [-0.25, -0.2) is 0 Å². The third-order valence-electron chi connectivity index (χ3n) is 8.49.